The van der Waals surface area contributed by atoms with Crippen LogP contribution in [0, 0.1) is 6.92 Å². The summed E-state index contributed by atoms with van der Waals surface area (Å²) in [6.07, 6.45) is 0. The van der Waals surface area contributed by atoms with Crippen LogP contribution in [0.5, 0.6) is 5.75 Å². The first-order valence-electron chi connectivity index (χ1n) is 7.71. The Morgan fingerprint density at radius 2 is 1.68 bits per heavy atom. The SMILES string of the molecule is CCOc1ccc(C(=O)NC(=S)NNC(=O)c2ccccc2C)cc1. The fourth-order valence-corrected chi connectivity index (χ4v) is 2.23. The third-order valence-corrected chi connectivity index (χ3v) is 3.54. The fraction of sp³-hybridized carbons (Fsp3) is 0.167. The van der Waals surface area contributed by atoms with Gasteiger partial charge in [-0.25, -0.2) is 0 Å². The smallest absolute Gasteiger partial charge is 0.269 e. The third-order valence-electron chi connectivity index (χ3n) is 3.33. The molecule has 3 N–H and O–H groups in total. The zero-order chi connectivity index (χ0) is 18.2. The average Bonchev–Trinajstić information content (AvgIpc) is 2.61. The van der Waals surface area contributed by atoms with Crippen LogP contribution in [-0.2, 0) is 0 Å². The van der Waals surface area contributed by atoms with Crippen LogP contribution in [0.4, 0.5) is 0 Å². The first kappa shape index (κ1) is 18.4. The van der Waals surface area contributed by atoms with Crippen LogP contribution in [0.3, 0.4) is 0 Å². The second kappa shape index (κ2) is 8.79. The number of thiocarbonyl (C=S) groups is 1. The maximum absolute atomic E-state index is 12.1. The molecular weight excluding hydrogens is 338 g/mol. The lowest BCUT2D eigenvalue weighted by molar-refractivity contribution is 0.0934. The molecule has 2 amide bonds. The molecule has 0 atom stereocenters. The molecule has 0 spiro atoms. The Kier molecular flexibility index (Phi) is 6.47. The summed E-state index contributed by atoms with van der Waals surface area (Å²) in [6.45, 7) is 4.27. The molecular formula is C18H19N3O3S. The first-order chi connectivity index (χ1) is 12.0. The number of hydrogen-bond acceptors (Lipinski definition) is 4. The normalized spacial score (nSPS) is 9.84. The number of rotatable bonds is 4. The van der Waals surface area contributed by atoms with E-state index in [0.29, 0.717) is 23.5 Å². The second-order valence-corrected chi connectivity index (χ2v) is 5.54. The zero-order valence-corrected chi connectivity index (χ0v) is 14.8. The minimum atomic E-state index is -0.384. The average molecular weight is 357 g/mol. The van der Waals surface area contributed by atoms with E-state index in [1.807, 2.05) is 26.0 Å². The van der Waals surface area contributed by atoms with E-state index in [4.69, 9.17) is 17.0 Å². The lowest BCUT2D eigenvalue weighted by atomic mass is 10.1. The van der Waals surface area contributed by atoms with Crippen LogP contribution in [0.25, 0.3) is 0 Å². The van der Waals surface area contributed by atoms with Crippen molar-refractivity contribution in [3.63, 3.8) is 0 Å². The molecule has 0 saturated carbocycles. The van der Waals surface area contributed by atoms with E-state index in [9.17, 15) is 9.59 Å². The van der Waals surface area contributed by atoms with Crippen molar-refractivity contribution < 1.29 is 14.3 Å². The Labute approximate surface area is 151 Å². The van der Waals surface area contributed by atoms with Crippen molar-refractivity contribution in [2.75, 3.05) is 6.61 Å². The highest BCUT2D eigenvalue weighted by atomic mass is 32.1. The Morgan fingerprint density at radius 1 is 1.00 bits per heavy atom. The fourth-order valence-electron chi connectivity index (χ4n) is 2.08. The number of nitrogens with one attached hydrogen (secondary N) is 3. The lowest BCUT2D eigenvalue weighted by Crippen LogP contribution is -2.48. The van der Waals surface area contributed by atoms with Crippen LogP contribution in [0.2, 0.25) is 0 Å². The van der Waals surface area contributed by atoms with Gasteiger partial charge in [0.25, 0.3) is 11.8 Å². The highest BCUT2D eigenvalue weighted by Gasteiger charge is 2.10. The molecule has 0 fully saturated rings. The van der Waals surface area contributed by atoms with Gasteiger partial charge in [0.2, 0.25) is 0 Å². The van der Waals surface area contributed by atoms with Gasteiger partial charge in [-0.15, -0.1) is 0 Å². The summed E-state index contributed by atoms with van der Waals surface area (Å²) in [4.78, 5) is 24.2. The van der Waals surface area contributed by atoms with Crippen molar-refractivity contribution in [3.05, 3.63) is 65.2 Å². The monoisotopic (exact) mass is 357 g/mol. The molecule has 0 unspecified atom stereocenters. The van der Waals surface area contributed by atoms with Gasteiger partial charge in [-0.3, -0.25) is 25.8 Å². The molecule has 0 aromatic heterocycles. The van der Waals surface area contributed by atoms with E-state index in [-0.39, 0.29) is 16.9 Å². The van der Waals surface area contributed by atoms with E-state index in [1.54, 1.807) is 36.4 Å². The zero-order valence-electron chi connectivity index (χ0n) is 14.0. The molecule has 0 aliphatic heterocycles. The molecule has 0 heterocycles. The highest BCUT2D eigenvalue weighted by Crippen LogP contribution is 2.11. The van der Waals surface area contributed by atoms with Gasteiger partial charge in [0.15, 0.2) is 5.11 Å². The molecule has 2 aromatic rings. The predicted molar refractivity (Wildman–Crippen MR) is 99.5 cm³/mol. The van der Waals surface area contributed by atoms with E-state index in [0.717, 1.165) is 5.56 Å². The Morgan fingerprint density at radius 3 is 2.32 bits per heavy atom. The van der Waals surface area contributed by atoms with E-state index in [2.05, 4.69) is 16.2 Å². The summed E-state index contributed by atoms with van der Waals surface area (Å²) in [5.74, 6) is -0.0355. The molecule has 0 bridgehead atoms. The maximum Gasteiger partial charge on any atom is 0.269 e. The summed E-state index contributed by atoms with van der Waals surface area (Å²) < 4.78 is 5.32. The number of hydrogen-bond donors (Lipinski definition) is 3. The number of ether oxygens (including phenoxy) is 1. The van der Waals surface area contributed by atoms with E-state index >= 15 is 0 Å². The van der Waals surface area contributed by atoms with Gasteiger partial charge in [-0.1, -0.05) is 18.2 Å². The van der Waals surface area contributed by atoms with Crippen molar-refractivity contribution in [3.8, 4) is 5.75 Å². The largest absolute Gasteiger partial charge is 0.494 e. The highest BCUT2D eigenvalue weighted by molar-refractivity contribution is 7.80. The Bertz CT molecular complexity index is 775. The van der Waals surface area contributed by atoms with Crippen molar-refractivity contribution in [1.29, 1.82) is 0 Å². The molecule has 0 aliphatic rings. The summed E-state index contributed by atoms with van der Waals surface area (Å²) in [5, 5.41) is 2.50. The van der Waals surface area contributed by atoms with Crippen LogP contribution in [-0.4, -0.2) is 23.5 Å². The summed E-state index contributed by atoms with van der Waals surface area (Å²) >= 11 is 5.02. The van der Waals surface area contributed by atoms with Crippen LogP contribution >= 0.6 is 12.2 Å². The quantitative estimate of drug-likeness (QED) is 0.578. The Hall–Kier alpha value is -2.93. The van der Waals surface area contributed by atoms with Gasteiger partial charge >= 0.3 is 0 Å². The summed E-state index contributed by atoms with van der Waals surface area (Å²) in [6, 6.07) is 13.8. The van der Waals surface area contributed by atoms with E-state index in [1.165, 1.54) is 0 Å². The lowest BCUT2D eigenvalue weighted by Gasteiger charge is -2.12. The molecule has 0 aliphatic carbocycles. The number of hydrazine groups is 1. The van der Waals surface area contributed by atoms with Gasteiger partial charge < -0.3 is 4.74 Å². The minimum absolute atomic E-state index is 0.000758. The molecule has 0 saturated heterocycles. The van der Waals surface area contributed by atoms with Gasteiger partial charge in [0, 0.05) is 11.1 Å². The number of benzene rings is 2. The Balaban J connectivity index is 1.86. The van der Waals surface area contributed by atoms with Gasteiger partial charge in [0.05, 0.1) is 6.61 Å². The van der Waals surface area contributed by atoms with Crippen LogP contribution < -0.4 is 20.9 Å². The minimum Gasteiger partial charge on any atom is -0.494 e. The molecule has 7 heteroatoms. The molecule has 6 nitrogen and oxygen atoms in total. The number of carbonyl (C=O) groups excluding carboxylic acids is 2. The molecule has 25 heavy (non-hydrogen) atoms. The molecule has 2 rings (SSSR count). The van der Waals surface area contributed by atoms with Crippen LogP contribution in [0.15, 0.2) is 48.5 Å². The number of aryl methyl sites for hydroxylation is 1. The van der Waals surface area contributed by atoms with Gasteiger partial charge in [0.1, 0.15) is 5.75 Å². The van der Waals surface area contributed by atoms with Gasteiger partial charge in [-0.05, 0) is 62.0 Å². The van der Waals surface area contributed by atoms with Crippen molar-refractivity contribution in [2.24, 2.45) is 0 Å². The molecule has 130 valence electrons. The summed E-state index contributed by atoms with van der Waals surface area (Å²) in [7, 11) is 0. The van der Waals surface area contributed by atoms with Crippen molar-refractivity contribution in [1.82, 2.24) is 16.2 Å². The number of carbonyl (C=O) groups is 2. The standard InChI is InChI=1S/C18H19N3O3S/c1-3-24-14-10-8-13(9-11-14)16(22)19-18(25)21-20-17(23)15-7-5-4-6-12(15)2/h4-11H,3H2,1-2H3,(H,20,23)(H2,19,21,22,25). The van der Waals surface area contributed by atoms with Crippen molar-refractivity contribution in [2.45, 2.75) is 13.8 Å². The predicted octanol–water partition coefficient (Wildman–Crippen LogP) is 2.34. The van der Waals surface area contributed by atoms with E-state index < -0.39 is 0 Å². The van der Waals surface area contributed by atoms with Gasteiger partial charge in [-0.2, -0.15) is 0 Å². The molecule has 0 radical (unpaired) electrons. The summed E-state index contributed by atoms with van der Waals surface area (Å²) in [5.41, 5.74) is 6.76. The molecule has 2 aromatic carbocycles. The second-order valence-electron chi connectivity index (χ2n) is 5.13. The van der Waals surface area contributed by atoms with Crippen LogP contribution in [0.1, 0.15) is 33.2 Å². The van der Waals surface area contributed by atoms with Crippen molar-refractivity contribution >= 4 is 29.1 Å². The maximum atomic E-state index is 12.1. The third kappa shape index (κ3) is 5.29. The number of amides is 2. The topological polar surface area (TPSA) is 79.5 Å². The first-order valence-corrected chi connectivity index (χ1v) is 8.12.